The number of nitro benzene ring substituents is 1. The van der Waals surface area contributed by atoms with Gasteiger partial charge in [0.25, 0.3) is 5.69 Å². The second kappa shape index (κ2) is 7.00. The Labute approximate surface area is 131 Å². The maximum Gasteiger partial charge on any atom is 0.270 e. The maximum atomic E-state index is 12.5. The van der Waals surface area contributed by atoms with Crippen LogP contribution in [0.1, 0.15) is 26.2 Å². The lowest BCUT2D eigenvalue weighted by Gasteiger charge is -2.33. The summed E-state index contributed by atoms with van der Waals surface area (Å²) in [6.45, 7) is 3.51. The van der Waals surface area contributed by atoms with Gasteiger partial charge >= 0.3 is 0 Å². The Morgan fingerprint density at radius 2 is 2.29 bits per heavy atom. The van der Waals surface area contributed by atoms with Crippen molar-refractivity contribution in [2.45, 2.75) is 32.2 Å². The zero-order valence-corrected chi connectivity index (χ0v) is 13.4. The van der Waals surface area contributed by atoms with Crippen LogP contribution in [0.2, 0.25) is 0 Å². The average molecular weight is 356 g/mol. The first-order valence-corrected chi connectivity index (χ1v) is 7.82. The molecule has 7 heteroatoms. The fourth-order valence-electron chi connectivity index (χ4n) is 2.45. The molecule has 2 rings (SSSR count). The van der Waals surface area contributed by atoms with E-state index in [4.69, 9.17) is 0 Å². The maximum absolute atomic E-state index is 12.5. The van der Waals surface area contributed by atoms with E-state index < -0.39 is 4.92 Å². The third-order valence-corrected chi connectivity index (χ3v) is 4.15. The molecule has 1 heterocycles. The molecule has 1 aliphatic heterocycles. The molecule has 21 heavy (non-hydrogen) atoms. The van der Waals surface area contributed by atoms with Gasteiger partial charge in [-0.3, -0.25) is 14.9 Å². The predicted octanol–water partition coefficient (Wildman–Crippen LogP) is 2.85. The minimum absolute atomic E-state index is 0.00995. The molecule has 0 radical (unpaired) electrons. The van der Waals surface area contributed by atoms with Crippen molar-refractivity contribution in [1.82, 2.24) is 5.32 Å². The van der Waals surface area contributed by atoms with Crippen LogP contribution in [0.4, 0.5) is 11.4 Å². The largest absolute Gasteiger partial charge is 0.310 e. The van der Waals surface area contributed by atoms with Crippen molar-refractivity contribution in [3.63, 3.8) is 0 Å². The molecule has 1 aromatic carbocycles. The molecule has 1 amide bonds. The summed E-state index contributed by atoms with van der Waals surface area (Å²) in [6.07, 6.45) is 2.72. The molecule has 114 valence electrons. The summed E-state index contributed by atoms with van der Waals surface area (Å²) in [4.78, 5) is 24.5. The van der Waals surface area contributed by atoms with E-state index >= 15 is 0 Å². The molecule has 1 aromatic rings. The number of hydrogen-bond donors (Lipinski definition) is 1. The normalized spacial score (nSPS) is 18.9. The summed E-state index contributed by atoms with van der Waals surface area (Å²) in [5.74, 6) is 0.0317. The number of amides is 1. The number of rotatable bonds is 5. The molecule has 0 saturated carbocycles. The van der Waals surface area contributed by atoms with Crippen molar-refractivity contribution >= 4 is 33.2 Å². The van der Waals surface area contributed by atoms with Gasteiger partial charge in [-0.1, -0.05) is 6.92 Å². The van der Waals surface area contributed by atoms with Gasteiger partial charge in [0.1, 0.15) is 0 Å². The van der Waals surface area contributed by atoms with Crippen LogP contribution in [0.25, 0.3) is 0 Å². The zero-order valence-electron chi connectivity index (χ0n) is 11.8. The molecule has 1 N–H and O–H groups in total. The smallest absolute Gasteiger partial charge is 0.270 e. The summed E-state index contributed by atoms with van der Waals surface area (Å²) in [7, 11) is 0. The Hall–Kier alpha value is -1.47. The first kappa shape index (κ1) is 15.9. The van der Waals surface area contributed by atoms with Gasteiger partial charge in [-0.2, -0.15) is 0 Å². The van der Waals surface area contributed by atoms with Crippen LogP contribution in [0.3, 0.4) is 0 Å². The number of hydrogen-bond acceptors (Lipinski definition) is 4. The molecular formula is C14H18BrN3O3. The third-order valence-electron chi connectivity index (χ3n) is 3.51. The van der Waals surface area contributed by atoms with Crippen LogP contribution in [0.15, 0.2) is 22.7 Å². The van der Waals surface area contributed by atoms with Crippen molar-refractivity contribution in [2.24, 2.45) is 0 Å². The Morgan fingerprint density at radius 3 is 2.90 bits per heavy atom. The Bertz CT molecular complexity index is 550. The molecule has 6 nitrogen and oxygen atoms in total. The van der Waals surface area contributed by atoms with E-state index in [-0.39, 0.29) is 17.6 Å². The van der Waals surface area contributed by atoms with E-state index in [9.17, 15) is 14.9 Å². The summed E-state index contributed by atoms with van der Waals surface area (Å²) < 4.78 is 0.571. The second-order valence-electron chi connectivity index (χ2n) is 5.03. The van der Waals surface area contributed by atoms with Crippen molar-refractivity contribution in [1.29, 1.82) is 0 Å². The lowest BCUT2D eigenvalue weighted by Crippen LogP contribution is -2.51. The Kier molecular flexibility index (Phi) is 5.30. The minimum atomic E-state index is -0.446. The van der Waals surface area contributed by atoms with E-state index in [1.165, 1.54) is 12.1 Å². The number of nitrogens with zero attached hydrogens (tertiary/aromatic N) is 2. The summed E-state index contributed by atoms with van der Waals surface area (Å²) in [5, 5.41) is 14.0. The lowest BCUT2D eigenvalue weighted by atomic mass is 10.0. The highest BCUT2D eigenvalue weighted by molar-refractivity contribution is 9.10. The van der Waals surface area contributed by atoms with Crippen LogP contribution >= 0.6 is 15.9 Å². The van der Waals surface area contributed by atoms with Gasteiger partial charge in [-0.05, 0) is 47.8 Å². The van der Waals surface area contributed by atoms with Crippen molar-refractivity contribution in [2.75, 3.05) is 18.0 Å². The number of carbonyl (C=O) groups is 1. The Morgan fingerprint density at radius 1 is 1.52 bits per heavy atom. The number of non-ortho nitro benzene ring substituents is 1. The van der Waals surface area contributed by atoms with Crippen LogP contribution in [-0.4, -0.2) is 30.0 Å². The van der Waals surface area contributed by atoms with Crippen LogP contribution < -0.4 is 10.2 Å². The van der Waals surface area contributed by atoms with E-state index in [1.54, 1.807) is 11.0 Å². The van der Waals surface area contributed by atoms with Gasteiger partial charge in [0, 0.05) is 23.2 Å². The van der Waals surface area contributed by atoms with Crippen molar-refractivity contribution in [3.05, 3.63) is 32.8 Å². The fourth-order valence-corrected chi connectivity index (χ4v) is 3.03. The number of nitro groups is 1. The quantitative estimate of drug-likeness (QED) is 0.650. The Balaban J connectivity index is 2.20. The highest BCUT2D eigenvalue weighted by Crippen LogP contribution is 2.32. The zero-order chi connectivity index (χ0) is 15.4. The molecule has 1 saturated heterocycles. The summed E-state index contributed by atoms with van der Waals surface area (Å²) in [5.41, 5.74) is 0.698. The van der Waals surface area contributed by atoms with Gasteiger partial charge in [-0.25, -0.2) is 0 Å². The SMILES string of the molecule is CCCNC1CCCN(c2ccc([N+](=O)[O-])cc2Br)C1=O. The first-order chi connectivity index (χ1) is 10.0. The summed E-state index contributed by atoms with van der Waals surface area (Å²) in [6, 6.07) is 4.32. The number of benzene rings is 1. The van der Waals surface area contributed by atoms with Crippen LogP contribution in [0.5, 0.6) is 0 Å². The number of anilines is 1. The predicted molar refractivity (Wildman–Crippen MR) is 84.5 cm³/mol. The minimum Gasteiger partial charge on any atom is -0.310 e. The third kappa shape index (κ3) is 3.59. The molecule has 1 fully saturated rings. The highest BCUT2D eigenvalue weighted by atomic mass is 79.9. The first-order valence-electron chi connectivity index (χ1n) is 7.03. The van der Waals surface area contributed by atoms with Crippen LogP contribution in [0, 0.1) is 10.1 Å². The average Bonchev–Trinajstić information content (AvgIpc) is 2.46. The lowest BCUT2D eigenvalue weighted by molar-refractivity contribution is -0.384. The highest BCUT2D eigenvalue weighted by Gasteiger charge is 2.30. The second-order valence-corrected chi connectivity index (χ2v) is 5.89. The fraction of sp³-hybridized carbons (Fsp3) is 0.500. The number of carbonyl (C=O) groups excluding carboxylic acids is 1. The standard InChI is InChI=1S/C14H18BrN3O3/c1-2-7-16-12-4-3-8-17(14(12)19)13-6-5-10(18(20)21)9-11(13)15/h5-6,9,12,16H,2-4,7-8H2,1H3. The molecule has 1 atom stereocenters. The van der Waals surface area contributed by atoms with Gasteiger partial charge in [0.2, 0.25) is 5.91 Å². The van der Waals surface area contributed by atoms with Gasteiger partial charge in [0.15, 0.2) is 0 Å². The van der Waals surface area contributed by atoms with Crippen LogP contribution in [-0.2, 0) is 4.79 Å². The van der Waals surface area contributed by atoms with Crippen molar-refractivity contribution in [3.8, 4) is 0 Å². The molecule has 0 aromatic heterocycles. The monoisotopic (exact) mass is 355 g/mol. The molecule has 0 spiro atoms. The summed E-state index contributed by atoms with van der Waals surface area (Å²) >= 11 is 3.33. The van der Waals surface area contributed by atoms with Gasteiger partial charge in [0.05, 0.1) is 16.7 Å². The molecule has 0 bridgehead atoms. The van der Waals surface area contributed by atoms with E-state index in [2.05, 4.69) is 28.2 Å². The van der Waals surface area contributed by atoms with Gasteiger partial charge < -0.3 is 10.2 Å². The number of nitrogens with one attached hydrogen (secondary N) is 1. The van der Waals surface area contributed by atoms with E-state index in [0.29, 0.717) is 16.7 Å². The van der Waals surface area contributed by atoms with Gasteiger partial charge in [-0.15, -0.1) is 0 Å². The van der Waals surface area contributed by atoms with E-state index in [1.807, 2.05) is 0 Å². The molecule has 1 aliphatic rings. The number of halogens is 1. The molecular weight excluding hydrogens is 338 g/mol. The number of piperidine rings is 1. The topological polar surface area (TPSA) is 75.5 Å². The van der Waals surface area contributed by atoms with Crippen molar-refractivity contribution < 1.29 is 9.72 Å². The van der Waals surface area contributed by atoms with E-state index in [0.717, 1.165) is 25.8 Å². The molecule has 1 unspecified atom stereocenters. The molecule has 0 aliphatic carbocycles.